The van der Waals surface area contributed by atoms with Crippen LogP contribution in [0.2, 0.25) is 5.02 Å². The van der Waals surface area contributed by atoms with Gasteiger partial charge in [-0.2, -0.15) is 0 Å². The van der Waals surface area contributed by atoms with Crippen LogP contribution in [-0.2, 0) is 0 Å². The molecule has 5 heteroatoms. The SMILES string of the molecule is CCCNC(c1cc(Cl)c(Br)cc1F)c1occc1C. The first-order valence-corrected chi connectivity index (χ1v) is 7.63. The van der Waals surface area contributed by atoms with Gasteiger partial charge in [0.15, 0.2) is 0 Å². The first kappa shape index (κ1) is 15.5. The lowest BCUT2D eigenvalue weighted by Crippen LogP contribution is -2.24. The Balaban J connectivity index is 2.46. The van der Waals surface area contributed by atoms with Crippen LogP contribution < -0.4 is 5.32 Å². The molecule has 20 heavy (non-hydrogen) atoms. The van der Waals surface area contributed by atoms with Crippen LogP contribution in [0.1, 0.15) is 36.3 Å². The average Bonchev–Trinajstić information content (AvgIpc) is 2.82. The number of halogens is 3. The molecule has 108 valence electrons. The fourth-order valence-electron chi connectivity index (χ4n) is 2.07. The fraction of sp³-hybridized carbons (Fsp3) is 0.333. The molecular formula is C15H16BrClFNO. The predicted molar refractivity (Wildman–Crippen MR) is 82.7 cm³/mol. The van der Waals surface area contributed by atoms with Gasteiger partial charge in [-0.3, -0.25) is 0 Å². The summed E-state index contributed by atoms with van der Waals surface area (Å²) in [4.78, 5) is 0. The number of aryl methyl sites for hydroxylation is 1. The van der Waals surface area contributed by atoms with Crippen LogP contribution in [-0.4, -0.2) is 6.54 Å². The summed E-state index contributed by atoms with van der Waals surface area (Å²) >= 11 is 9.32. The maximum Gasteiger partial charge on any atom is 0.129 e. The highest BCUT2D eigenvalue weighted by Gasteiger charge is 2.23. The highest BCUT2D eigenvalue weighted by molar-refractivity contribution is 9.10. The number of hydrogen-bond donors (Lipinski definition) is 1. The third kappa shape index (κ3) is 3.25. The molecule has 0 aliphatic carbocycles. The maximum atomic E-state index is 14.3. The van der Waals surface area contributed by atoms with Crippen molar-refractivity contribution in [1.29, 1.82) is 0 Å². The second-order valence-corrected chi connectivity index (χ2v) is 5.90. The van der Waals surface area contributed by atoms with Crippen LogP contribution in [0, 0.1) is 12.7 Å². The van der Waals surface area contributed by atoms with E-state index in [0.29, 0.717) is 15.1 Å². The van der Waals surface area contributed by atoms with Gasteiger partial charge in [0, 0.05) is 10.0 Å². The standard InChI is InChI=1S/C15H16BrClFNO/c1-3-5-19-14(15-9(2)4-6-20-15)10-7-12(17)11(16)8-13(10)18/h4,6-8,14,19H,3,5H2,1-2H3. The van der Waals surface area contributed by atoms with Crippen LogP contribution in [0.25, 0.3) is 0 Å². The Morgan fingerprint density at radius 2 is 2.20 bits per heavy atom. The molecule has 0 saturated carbocycles. The molecule has 1 aromatic heterocycles. The number of hydrogen-bond acceptors (Lipinski definition) is 2. The zero-order valence-electron chi connectivity index (χ0n) is 11.3. The molecule has 0 radical (unpaired) electrons. The van der Waals surface area contributed by atoms with E-state index in [1.54, 1.807) is 12.3 Å². The summed E-state index contributed by atoms with van der Waals surface area (Å²) in [6.07, 6.45) is 2.56. The molecule has 1 heterocycles. The van der Waals surface area contributed by atoms with E-state index in [1.807, 2.05) is 13.0 Å². The predicted octanol–water partition coefficient (Wildman–Crippen LogP) is 5.23. The Labute approximate surface area is 131 Å². The molecule has 0 bridgehead atoms. The molecule has 1 N–H and O–H groups in total. The normalized spacial score (nSPS) is 12.7. The van der Waals surface area contributed by atoms with Gasteiger partial charge in [-0.15, -0.1) is 0 Å². The Hall–Kier alpha value is -0.840. The lowest BCUT2D eigenvalue weighted by atomic mass is 10.0. The molecule has 1 atom stereocenters. The van der Waals surface area contributed by atoms with Crippen LogP contribution in [0.5, 0.6) is 0 Å². The Morgan fingerprint density at radius 3 is 2.80 bits per heavy atom. The van der Waals surface area contributed by atoms with Crippen LogP contribution in [0.15, 0.2) is 33.4 Å². The highest BCUT2D eigenvalue weighted by atomic mass is 79.9. The summed E-state index contributed by atoms with van der Waals surface area (Å²) < 4.78 is 20.3. The molecule has 2 rings (SSSR count). The monoisotopic (exact) mass is 359 g/mol. The molecule has 0 fully saturated rings. The zero-order valence-corrected chi connectivity index (χ0v) is 13.7. The lowest BCUT2D eigenvalue weighted by molar-refractivity contribution is 0.433. The van der Waals surface area contributed by atoms with E-state index >= 15 is 0 Å². The van der Waals surface area contributed by atoms with E-state index in [9.17, 15) is 4.39 Å². The number of benzene rings is 1. The minimum absolute atomic E-state index is 0.314. The first-order valence-electron chi connectivity index (χ1n) is 6.46. The second kappa shape index (κ2) is 6.74. The summed E-state index contributed by atoms with van der Waals surface area (Å²) in [5.41, 5.74) is 1.47. The molecule has 0 saturated heterocycles. The summed E-state index contributed by atoms with van der Waals surface area (Å²) in [7, 11) is 0. The third-order valence-corrected chi connectivity index (χ3v) is 4.31. The Kier molecular flexibility index (Phi) is 5.24. The first-order chi connectivity index (χ1) is 9.54. The minimum Gasteiger partial charge on any atom is -0.467 e. The van der Waals surface area contributed by atoms with Crippen LogP contribution in [0.4, 0.5) is 4.39 Å². The Morgan fingerprint density at radius 1 is 1.45 bits per heavy atom. The molecule has 0 amide bonds. The van der Waals surface area contributed by atoms with Crippen LogP contribution in [0.3, 0.4) is 0 Å². The van der Waals surface area contributed by atoms with E-state index in [1.165, 1.54) is 6.07 Å². The van der Waals surface area contributed by atoms with Crippen LogP contribution >= 0.6 is 27.5 Å². The van der Waals surface area contributed by atoms with Gasteiger partial charge >= 0.3 is 0 Å². The van der Waals surface area contributed by atoms with Gasteiger partial charge in [0.2, 0.25) is 0 Å². The van der Waals surface area contributed by atoms with Gasteiger partial charge in [0.25, 0.3) is 0 Å². The van der Waals surface area contributed by atoms with Gasteiger partial charge in [-0.1, -0.05) is 18.5 Å². The molecule has 1 aromatic carbocycles. The topological polar surface area (TPSA) is 25.2 Å². The van der Waals surface area contributed by atoms with Crippen molar-refractivity contribution in [2.45, 2.75) is 26.3 Å². The molecule has 2 nitrogen and oxygen atoms in total. The van der Waals surface area contributed by atoms with E-state index in [2.05, 4.69) is 28.2 Å². The smallest absolute Gasteiger partial charge is 0.129 e. The van der Waals surface area contributed by atoms with Crippen molar-refractivity contribution in [2.24, 2.45) is 0 Å². The molecule has 1 unspecified atom stereocenters. The van der Waals surface area contributed by atoms with Gasteiger partial charge in [0.1, 0.15) is 11.6 Å². The molecule has 2 aromatic rings. The lowest BCUT2D eigenvalue weighted by Gasteiger charge is -2.19. The largest absolute Gasteiger partial charge is 0.467 e. The molecule has 0 aliphatic heterocycles. The van der Waals surface area contributed by atoms with Crippen molar-refractivity contribution < 1.29 is 8.81 Å². The van der Waals surface area contributed by atoms with E-state index < -0.39 is 0 Å². The fourth-order valence-corrected chi connectivity index (χ4v) is 2.56. The van der Waals surface area contributed by atoms with Gasteiger partial charge < -0.3 is 9.73 Å². The molecule has 0 aliphatic rings. The summed E-state index contributed by atoms with van der Waals surface area (Å²) in [5, 5.41) is 3.79. The number of nitrogens with one attached hydrogen (secondary N) is 1. The van der Waals surface area contributed by atoms with E-state index in [0.717, 1.165) is 24.3 Å². The van der Waals surface area contributed by atoms with E-state index in [4.69, 9.17) is 16.0 Å². The van der Waals surface area contributed by atoms with Crippen molar-refractivity contribution in [3.8, 4) is 0 Å². The number of rotatable bonds is 5. The summed E-state index contributed by atoms with van der Waals surface area (Å²) in [6, 6.07) is 4.55. The number of furan rings is 1. The highest BCUT2D eigenvalue weighted by Crippen LogP contribution is 2.33. The molecular weight excluding hydrogens is 345 g/mol. The van der Waals surface area contributed by atoms with Crippen molar-refractivity contribution in [3.05, 3.63) is 56.7 Å². The van der Waals surface area contributed by atoms with Gasteiger partial charge in [-0.05, 0) is 59.6 Å². The van der Waals surface area contributed by atoms with Crippen molar-refractivity contribution in [1.82, 2.24) is 5.32 Å². The maximum absolute atomic E-state index is 14.3. The van der Waals surface area contributed by atoms with E-state index in [-0.39, 0.29) is 11.9 Å². The minimum atomic E-state index is -0.337. The Bertz CT molecular complexity index is 600. The summed E-state index contributed by atoms with van der Waals surface area (Å²) in [6.45, 7) is 4.76. The van der Waals surface area contributed by atoms with Crippen molar-refractivity contribution >= 4 is 27.5 Å². The van der Waals surface area contributed by atoms with Gasteiger partial charge in [-0.25, -0.2) is 4.39 Å². The van der Waals surface area contributed by atoms with Gasteiger partial charge in [0.05, 0.1) is 17.3 Å². The quantitative estimate of drug-likeness (QED) is 0.738. The third-order valence-electron chi connectivity index (χ3n) is 3.11. The molecule has 0 spiro atoms. The average molecular weight is 361 g/mol. The zero-order chi connectivity index (χ0) is 14.7. The summed E-state index contributed by atoms with van der Waals surface area (Å²) in [5.74, 6) is 0.404. The van der Waals surface area contributed by atoms with Crippen molar-refractivity contribution in [3.63, 3.8) is 0 Å². The van der Waals surface area contributed by atoms with Crippen molar-refractivity contribution in [2.75, 3.05) is 6.54 Å². The second-order valence-electron chi connectivity index (χ2n) is 4.64.